The Hall–Kier alpha value is -2.95. The predicted octanol–water partition coefficient (Wildman–Crippen LogP) is 1.56. The molecule has 0 heterocycles. The average molecular weight is 467 g/mol. The van der Waals surface area contributed by atoms with Crippen LogP contribution in [0.3, 0.4) is 0 Å². The van der Waals surface area contributed by atoms with Crippen LogP contribution in [0.25, 0.3) is 0 Å². The van der Waals surface area contributed by atoms with Crippen molar-refractivity contribution in [2.45, 2.75) is 18.7 Å². The maximum absolute atomic E-state index is 12.6. The van der Waals surface area contributed by atoms with Crippen molar-refractivity contribution in [3.63, 3.8) is 0 Å². The van der Waals surface area contributed by atoms with E-state index >= 15 is 0 Å². The van der Waals surface area contributed by atoms with Crippen molar-refractivity contribution < 1.29 is 22.8 Å². The van der Waals surface area contributed by atoms with Crippen molar-refractivity contribution in [3.05, 3.63) is 64.7 Å². The van der Waals surface area contributed by atoms with Gasteiger partial charge in [0.25, 0.3) is 17.7 Å². The molecule has 0 spiro atoms. The van der Waals surface area contributed by atoms with E-state index in [1.807, 2.05) is 0 Å². The highest BCUT2D eigenvalue weighted by atomic mass is 35.5. The summed E-state index contributed by atoms with van der Waals surface area (Å²) >= 11 is 5.92. The van der Waals surface area contributed by atoms with Crippen LogP contribution >= 0.6 is 11.6 Å². The lowest BCUT2D eigenvalue weighted by Gasteiger charge is -2.18. The number of sulfonamides is 1. The summed E-state index contributed by atoms with van der Waals surface area (Å²) in [5.74, 6) is -1.93. The van der Waals surface area contributed by atoms with Crippen molar-refractivity contribution in [1.29, 1.82) is 0 Å². The van der Waals surface area contributed by atoms with Gasteiger partial charge in [0.1, 0.15) is 0 Å². The Morgan fingerprint density at radius 2 is 1.61 bits per heavy atom. The maximum atomic E-state index is 12.6. The van der Waals surface area contributed by atoms with Crippen LogP contribution in [0.5, 0.6) is 0 Å². The first-order valence-electron chi connectivity index (χ1n) is 9.42. The monoisotopic (exact) mass is 466 g/mol. The average Bonchev–Trinajstić information content (AvgIpc) is 2.76. The number of carbonyl (C=O) groups excluding carboxylic acids is 3. The standard InChI is InChI=1S/C20H23ClN4O5S/c1-3-25(4-2)31(29,30)15-9-7-8-14(12-15)19(27)24-23-18(26)13-22-20(28)16-10-5-6-11-17(16)21/h5-12H,3-4,13H2,1-2H3,(H,22,28)(H,23,26)(H,24,27). The summed E-state index contributed by atoms with van der Waals surface area (Å²) in [6.07, 6.45) is 0. The summed E-state index contributed by atoms with van der Waals surface area (Å²) in [7, 11) is -3.73. The SMILES string of the molecule is CCN(CC)S(=O)(=O)c1cccc(C(=O)NNC(=O)CNC(=O)c2ccccc2Cl)c1. The van der Waals surface area contributed by atoms with Gasteiger partial charge in [0, 0.05) is 18.7 Å². The molecule has 0 saturated heterocycles. The van der Waals surface area contributed by atoms with Gasteiger partial charge in [-0.2, -0.15) is 4.31 Å². The van der Waals surface area contributed by atoms with Crippen molar-refractivity contribution in [2.24, 2.45) is 0 Å². The van der Waals surface area contributed by atoms with Gasteiger partial charge >= 0.3 is 0 Å². The zero-order valence-electron chi connectivity index (χ0n) is 17.0. The number of carbonyl (C=O) groups is 3. The highest BCUT2D eigenvalue weighted by Crippen LogP contribution is 2.17. The Bertz CT molecular complexity index is 1070. The third kappa shape index (κ3) is 6.27. The van der Waals surface area contributed by atoms with E-state index in [1.54, 1.807) is 32.0 Å². The van der Waals surface area contributed by atoms with Crippen molar-refractivity contribution in [2.75, 3.05) is 19.6 Å². The molecule has 3 N–H and O–H groups in total. The number of nitrogens with one attached hydrogen (secondary N) is 3. The topological polar surface area (TPSA) is 125 Å². The molecule has 0 radical (unpaired) electrons. The Kier molecular flexibility index (Phi) is 8.55. The van der Waals surface area contributed by atoms with Crippen LogP contribution < -0.4 is 16.2 Å². The van der Waals surface area contributed by atoms with E-state index in [9.17, 15) is 22.8 Å². The molecule has 0 fully saturated rings. The minimum atomic E-state index is -3.73. The zero-order chi connectivity index (χ0) is 23.0. The minimum absolute atomic E-state index is 0.0258. The first kappa shape index (κ1) is 24.3. The van der Waals surface area contributed by atoms with Crippen molar-refractivity contribution >= 4 is 39.3 Å². The molecular weight excluding hydrogens is 444 g/mol. The lowest BCUT2D eigenvalue weighted by Crippen LogP contribution is -2.46. The number of benzene rings is 2. The molecule has 9 nitrogen and oxygen atoms in total. The van der Waals surface area contributed by atoms with E-state index in [0.29, 0.717) is 13.1 Å². The largest absolute Gasteiger partial charge is 0.343 e. The van der Waals surface area contributed by atoms with E-state index in [-0.39, 0.29) is 21.0 Å². The van der Waals surface area contributed by atoms with Gasteiger partial charge in [-0.25, -0.2) is 8.42 Å². The first-order valence-corrected chi connectivity index (χ1v) is 11.2. The molecule has 2 aromatic carbocycles. The van der Waals surface area contributed by atoms with Gasteiger partial charge in [0.15, 0.2) is 0 Å². The number of halogens is 1. The summed E-state index contributed by atoms with van der Waals surface area (Å²) in [4.78, 5) is 36.2. The molecule has 0 aromatic heterocycles. The molecule has 0 atom stereocenters. The van der Waals surface area contributed by atoms with E-state index in [1.165, 1.54) is 34.6 Å². The Labute approximate surface area is 185 Å². The molecule has 0 aliphatic heterocycles. The summed E-state index contributed by atoms with van der Waals surface area (Å²) in [6.45, 7) is 3.63. The number of amides is 3. The molecule has 11 heteroatoms. The number of nitrogens with zero attached hydrogens (tertiary/aromatic N) is 1. The number of hydrogen-bond donors (Lipinski definition) is 3. The van der Waals surface area contributed by atoms with Gasteiger partial charge in [0.2, 0.25) is 10.0 Å². The number of hydrogen-bond acceptors (Lipinski definition) is 5. The van der Waals surface area contributed by atoms with Crippen LogP contribution in [0, 0.1) is 0 Å². The zero-order valence-corrected chi connectivity index (χ0v) is 18.6. The third-order valence-electron chi connectivity index (χ3n) is 4.28. The molecule has 0 aliphatic carbocycles. The summed E-state index contributed by atoms with van der Waals surface area (Å²) in [6, 6.07) is 11.8. The van der Waals surface area contributed by atoms with Gasteiger partial charge in [-0.3, -0.25) is 25.2 Å². The molecule has 166 valence electrons. The first-order chi connectivity index (χ1) is 14.7. The lowest BCUT2D eigenvalue weighted by molar-refractivity contribution is -0.120. The third-order valence-corrected chi connectivity index (χ3v) is 6.66. The molecule has 0 saturated carbocycles. The molecule has 0 unspecified atom stereocenters. The Morgan fingerprint density at radius 3 is 2.26 bits per heavy atom. The Balaban J connectivity index is 1.95. The maximum Gasteiger partial charge on any atom is 0.269 e. The van der Waals surface area contributed by atoms with Gasteiger partial charge in [-0.1, -0.05) is 43.6 Å². The second kappa shape index (κ2) is 10.9. The van der Waals surface area contributed by atoms with Crippen molar-refractivity contribution in [1.82, 2.24) is 20.5 Å². The molecule has 0 bridgehead atoms. The molecule has 2 rings (SSSR count). The molecule has 3 amide bonds. The lowest BCUT2D eigenvalue weighted by atomic mass is 10.2. The quantitative estimate of drug-likeness (QED) is 0.509. The number of hydrazine groups is 1. The Morgan fingerprint density at radius 1 is 0.935 bits per heavy atom. The number of rotatable bonds is 8. The van der Waals surface area contributed by atoms with Gasteiger partial charge in [0.05, 0.1) is 22.0 Å². The molecule has 0 aliphatic rings. The molecule has 2 aromatic rings. The van der Waals surface area contributed by atoms with E-state index in [0.717, 1.165) is 0 Å². The summed E-state index contributed by atoms with van der Waals surface area (Å²) in [5.41, 5.74) is 4.61. The fourth-order valence-electron chi connectivity index (χ4n) is 2.65. The van der Waals surface area contributed by atoms with Gasteiger partial charge < -0.3 is 5.32 Å². The van der Waals surface area contributed by atoms with Crippen LogP contribution in [0.15, 0.2) is 53.4 Å². The highest BCUT2D eigenvalue weighted by molar-refractivity contribution is 7.89. The highest BCUT2D eigenvalue weighted by Gasteiger charge is 2.22. The fourth-order valence-corrected chi connectivity index (χ4v) is 4.38. The summed E-state index contributed by atoms with van der Waals surface area (Å²) in [5, 5.41) is 2.63. The van der Waals surface area contributed by atoms with Gasteiger partial charge in [-0.15, -0.1) is 0 Å². The second-order valence-electron chi connectivity index (χ2n) is 6.28. The predicted molar refractivity (Wildman–Crippen MR) is 116 cm³/mol. The van der Waals surface area contributed by atoms with Crippen LogP contribution in [0.4, 0.5) is 0 Å². The van der Waals surface area contributed by atoms with E-state index in [4.69, 9.17) is 11.6 Å². The van der Waals surface area contributed by atoms with Crippen LogP contribution in [0.2, 0.25) is 5.02 Å². The van der Waals surface area contributed by atoms with E-state index < -0.39 is 34.3 Å². The summed E-state index contributed by atoms with van der Waals surface area (Å²) < 4.78 is 26.5. The van der Waals surface area contributed by atoms with Crippen LogP contribution in [0.1, 0.15) is 34.6 Å². The van der Waals surface area contributed by atoms with Crippen LogP contribution in [-0.2, 0) is 14.8 Å². The van der Waals surface area contributed by atoms with Gasteiger partial charge in [-0.05, 0) is 30.3 Å². The van der Waals surface area contributed by atoms with E-state index in [2.05, 4.69) is 16.2 Å². The molecule has 31 heavy (non-hydrogen) atoms. The fraction of sp³-hybridized carbons (Fsp3) is 0.250. The van der Waals surface area contributed by atoms with Crippen molar-refractivity contribution in [3.8, 4) is 0 Å². The second-order valence-corrected chi connectivity index (χ2v) is 8.63. The minimum Gasteiger partial charge on any atom is -0.343 e. The van der Waals surface area contributed by atoms with Crippen LogP contribution in [-0.4, -0.2) is 50.1 Å². The normalized spacial score (nSPS) is 11.1. The smallest absolute Gasteiger partial charge is 0.269 e. The molecular formula is C20H23ClN4O5S.